The molecular formula is C12H20N2OS. The molecule has 3 nitrogen and oxygen atoms in total. The van der Waals surface area contributed by atoms with E-state index in [1.54, 1.807) is 18.3 Å². The van der Waals surface area contributed by atoms with E-state index in [-0.39, 0.29) is 5.78 Å². The van der Waals surface area contributed by atoms with E-state index in [4.69, 9.17) is 0 Å². The predicted molar refractivity (Wildman–Crippen MR) is 68.5 cm³/mol. The Morgan fingerprint density at radius 1 is 1.44 bits per heavy atom. The topological polar surface area (TPSA) is 33.2 Å². The molecule has 16 heavy (non-hydrogen) atoms. The molecule has 0 unspecified atom stereocenters. The molecule has 1 aromatic heterocycles. The fraction of sp³-hybridized carbons (Fsp3) is 0.667. The van der Waals surface area contributed by atoms with Crippen LogP contribution in [0.4, 0.5) is 0 Å². The summed E-state index contributed by atoms with van der Waals surface area (Å²) in [4.78, 5) is 19.0. The number of hydrogen-bond acceptors (Lipinski definition) is 4. The van der Waals surface area contributed by atoms with E-state index in [1.807, 2.05) is 14.1 Å². The minimum absolute atomic E-state index is 0.136. The molecule has 0 aromatic carbocycles. The first-order chi connectivity index (χ1) is 7.41. The van der Waals surface area contributed by atoms with Crippen molar-refractivity contribution in [1.29, 1.82) is 0 Å². The maximum atomic E-state index is 11.5. The number of ketones is 1. The van der Waals surface area contributed by atoms with Crippen molar-refractivity contribution in [1.82, 2.24) is 9.88 Å². The Labute approximate surface area is 101 Å². The van der Waals surface area contributed by atoms with Crippen LogP contribution in [0.5, 0.6) is 0 Å². The van der Waals surface area contributed by atoms with Crippen LogP contribution >= 0.6 is 11.3 Å². The number of aromatic nitrogens is 1. The lowest BCUT2D eigenvalue weighted by Gasteiger charge is -2.06. The minimum Gasteiger partial charge on any atom is -0.309 e. The first kappa shape index (κ1) is 13.3. The van der Waals surface area contributed by atoms with Gasteiger partial charge in [0, 0.05) is 19.9 Å². The van der Waals surface area contributed by atoms with Gasteiger partial charge < -0.3 is 4.90 Å². The molecule has 1 rings (SSSR count). The minimum atomic E-state index is 0.136. The Kier molecular flexibility index (Phi) is 4.62. The maximum Gasteiger partial charge on any atom is 0.171 e. The number of hydrogen-bond donors (Lipinski definition) is 0. The molecule has 0 amide bonds. The van der Waals surface area contributed by atoms with Gasteiger partial charge in [0.05, 0.1) is 15.6 Å². The van der Waals surface area contributed by atoms with Gasteiger partial charge in [-0.15, -0.1) is 11.3 Å². The monoisotopic (exact) mass is 240 g/mol. The zero-order valence-corrected chi connectivity index (χ0v) is 11.5. The van der Waals surface area contributed by atoms with Gasteiger partial charge in [-0.2, -0.15) is 0 Å². The zero-order valence-electron chi connectivity index (χ0n) is 10.7. The molecule has 0 radical (unpaired) electrons. The Morgan fingerprint density at radius 3 is 2.44 bits per heavy atom. The molecule has 0 N–H and O–H groups in total. The lowest BCUT2D eigenvalue weighted by Crippen LogP contribution is -2.14. The van der Waals surface area contributed by atoms with Crippen molar-refractivity contribution in [3.63, 3.8) is 0 Å². The third-order valence-electron chi connectivity index (χ3n) is 2.34. The van der Waals surface area contributed by atoms with E-state index in [0.717, 1.165) is 28.5 Å². The molecule has 4 heteroatoms. The Bertz CT molecular complexity index is 369. The SMILES string of the molecule is CC(=O)c1sc(CCN(C)C)nc1C(C)C. The molecule has 0 saturated heterocycles. The summed E-state index contributed by atoms with van der Waals surface area (Å²) in [6.45, 7) is 6.76. The molecule has 0 atom stereocenters. The second-order valence-electron chi connectivity index (χ2n) is 4.59. The largest absolute Gasteiger partial charge is 0.309 e. The fourth-order valence-corrected chi connectivity index (χ4v) is 2.55. The lowest BCUT2D eigenvalue weighted by molar-refractivity contribution is 0.102. The van der Waals surface area contributed by atoms with Crippen LogP contribution in [0.2, 0.25) is 0 Å². The molecule has 1 aromatic rings. The van der Waals surface area contributed by atoms with Gasteiger partial charge in [-0.3, -0.25) is 4.79 Å². The van der Waals surface area contributed by atoms with E-state index in [0.29, 0.717) is 5.92 Å². The van der Waals surface area contributed by atoms with Gasteiger partial charge in [0.25, 0.3) is 0 Å². The van der Waals surface area contributed by atoms with Crippen LogP contribution in [-0.4, -0.2) is 36.3 Å². The molecule has 0 fully saturated rings. The van der Waals surface area contributed by atoms with Crippen LogP contribution in [0, 0.1) is 0 Å². The van der Waals surface area contributed by atoms with Crippen LogP contribution in [0.25, 0.3) is 0 Å². The zero-order chi connectivity index (χ0) is 12.3. The van der Waals surface area contributed by atoms with Gasteiger partial charge in [-0.1, -0.05) is 13.8 Å². The number of Topliss-reactive ketones (excluding diaryl/α,β-unsaturated/α-hetero) is 1. The molecule has 0 aliphatic carbocycles. The third-order valence-corrected chi connectivity index (χ3v) is 3.57. The number of nitrogens with zero attached hydrogens (tertiary/aromatic N) is 2. The average molecular weight is 240 g/mol. The summed E-state index contributed by atoms with van der Waals surface area (Å²) in [6, 6.07) is 0. The van der Waals surface area contributed by atoms with Crippen molar-refractivity contribution < 1.29 is 4.79 Å². The second-order valence-corrected chi connectivity index (χ2v) is 5.67. The van der Waals surface area contributed by atoms with Gasteiger partial charge in [-0.25, -0.2) is 4.98 Å². The molecule has 0 aliphatic heterocycles. The third kappa shape index (κ3) is 3.39. The number of carbonyl (C=O) groups excluding carboxylic acids is 1. The molecule has 1 heterocycles. The van der Waals surface area contributed by atoms with E-state index >= 15 is 0 Å². The summed E-state index contributed by atoms with van der Waals surface area (Å²) in [6.07, 6.45) is 0.921. The Balaban J connectivity index is 2.88. The maximum absolute atomic E-state index is 11.5. The van der Waals surface area contributed by atoms with Crippen molar-refractivity contribution in [2.45, 2.75) is 33.1 Å². The van der Waals surface area contributed by atoms with Crippen molar-refractivity contribution in [2.75, 3.05) is 20.6 Å². The second kappa shape index (κ2) is 5.55. The van der Waals surface area contributed by atoms with Gasteiger partial charge in [0.1, 0.15) is 0 Å². The number of rotatable bonds is 5. The van der Waals surface area contributed by atoms with Gasteiger partial charge in [-0.05, 0) is 20.0 Å². The highest BCUT2D eigenvalue weighted by molar-refractivity contribution is 7.13. The van der Waals surface area contributed by atoms with E-state index < -0.39 is 0 Å². The highest BCUT2D eigenvalue weighted by atomic mass is 32.1. The average Bonchev–Trinajstić information content (AvgIpc) is 2.58. The van der Waals surface area contributed by atoms with Crippen molar-refractivity contribution >= 4 is 17.1 Å². The number of likely N-dealkylation sites (N-methyl/N-ethyl adjacent to an activating group) is 1. The molecule has 90 valence electrons. The lowest BCUT2D eigenvalue weighted by atomic mass is 10.1. The quantitative estimate of drug-likeness (QED) is 0.742. The van der Waals surface area contributed by atoms with E-state index in [1.165, 1.54) is 0 Å². The van der Waals surface area contributed by atoms with E-state index in [2.05, 4.69) is 23.7 Å². The van der Waals surface area contributed by atoms with E-state index in [9.17, 15) is 4.79 Å². The van der Waals surface area contributed by atoms with Gasteiger partial charge in [0.15, 0.2) is 5.78 Å². The summed E-state index contributed by atoms with van der Waals surface area (Å²) in [7, 11) is 4.09. The van der Waals surface area contributed by atoms with Crippen LogP contribution in [0.15, 0.2) is 0 Å². The van der Waals surface area contributed by atoms with Gasteiger partial charge >= 0.3 is 0 Å². The standard InChI is InChI=1S/C12H20N2OS/c1-8(2)11-12(9(3)15)16-10(13-11)6-7-14(4)5/h8H,6-7H2,1-5H3. The number of thiazole rings is 1. The summed E-state index contributed by atoms with van der Waals surface area (Å²) in [5.74, 6) is 0.459. The summed E-state index contributed by atoms with van der Waals surface area (Å²) < 4.78 is 0. The summed E-state index contributed by atoms with van der Waals surface area (Å²) in [5, 5.41) is 1.07. The first-order valence-corrected chi connectivity index (χ1v) is 6.38. The summed E-state index contributed by atoms with van der Waals surface area (Å²) >= 11 is 1.55. The normalized spacial score (nSPS) is 11.4. The smallest absolute Gasteiger partial charge is 0.171 e. The van der Waals surface area contributed by atoms with Crippen molar-refractivity contribution in [3.8, 4) is 0 Å². The molecule has 0 bridgehead atoms. The molecular weight excluding hydrogens is 220 g/mol. The van der Waals surface area contributed by atoms with Crippen LogP contribution in [0.1, 0.15) is 47.1 Å². The highest BCUT2D eigenvalue weighted by Crippen LogP contribution is 2.25. The molecule has 0 saturated carbocycles. The van der Waals surface area contributed by atoms with Crippen LogP contribution in [0.3, 0.4) is 0 Å². The van der Waals surface area contributed by atoms with Crippen LogP contribution in [-0.2, 0) is 6.42 Å². The van der Waals surface area contributed by atoms with Crippen molar-refractivity contribution in [2.24, 2.45) is 0 Å². The van der Waals surface area contributed by atoms with Gasteiger partial charge in [0.2, 0.25) is 0 Å². The summed E-state index contributed by atoms with van der Waals surface area (Å²) in [5.41, 5.74) is 0.964. The predicted octanol–water partition coefficient (Wildman–Crippen LogP) is 2.57. The van der Waals surface area contributed by atoms with Crippen molar-refractivity contribution in [3.05, 3.63) is 15.6 Å². The molecule has 0 aliphatic rings. The Morgan fingerprint density at radius 2 is 2.06 bits per heavy atom. The Hall–Kier alpha value is -0.740. The number of carbonyl (C=O) groups is 1. The first-order valence-electron chi connectivity index (χ1n) is 5.57. The highest BCUT2D eigenvalue weighted by Gasteiger charge is 2.17. The fourth-order valence-electron chi connectivity index (χ4n) is 1.45. The van der Waals surface area contributed by atoms with Crippen LogP contribution < -0.4 is 0 Å². The molecule has 0 spiro atoms.